The second kappa shape index (κ2) is 9.32. The van der Waals surface area contributed by atoms with Gasteiger partial charge in [-0.2, -0.15) is 0 Å². The lowest BCUT2D eigenvalue weighted by Crippen LogP contribution is -1.95. The highest BCUT2D eigenvalue weighted by molar-refractivity contribution is 5.14. The summed E-state index contributed by atoms with van der Waals surface area (Å²) in [5, 5.41) is 0. The molecule has 1 aromatic rings. The molecule has 0 spiro atoms. The van der Waals surface area contributed by atoms with E-state index in [9.17, 15) is 0 Å². The number of benzene rings is 1. The average Bonchev–Trinajstić information content (AvgIpc) is 2.20. The van der Waals surface area contributed by atoms with Gasteiger partial charge in [-0.3, -0.25) is 0 Å². The SMILES string of the molecule is C=C(N)CCCc1ccccc1.CCC. The molecule has 0 aliphatic rings. The van der Waals surface area contributed by atoms with Gasteiger partial charge in [0.2, 0.25) is 0 Å². The Morgan fingerprint density at radius 3 is 2.20 bits per heavy atom. The number of rotatable bonds is 4. The van der Waals surface area contributed by atoms with Crippen LogP contribution in [-0.4, -0.2) is 0 Å². The molecule has 15 heavy (non-hydrogen) atoms. The third-order valence-corrected chi connectivity index (χ3v) is 1.81. The maximum atomic E-state index is 5.46. The van der Waals surface area contributed by atoms with E-state index in [4.69, 9.17) is 5.73 Å². The normalized spacial score (nSPS) is 8.93. The van der Waals surface area contributed by atoms with E-state index in [-0.39, 0.29) is 0 Å². The van der Waals surface area contributed by atoms with Crippen LogP contribution >= 0.6 is 0 Å². The molecular weight excluding hydrogens is 182 g/mol. The Morgan fingerprint density at radius 1 is 1.20 bits per heavy atom. The summed E-state index contributed by atoms with van der Waals surface area (Å²) in [5.41, 5.74) is 7.62. The van der Waals surface area contributed by atoms with E-state index in [0.29, 0.717) is 0 Å². The summed E-state index contributed by atoms with van der Waals surface area (Å²) in [6.07, 6.45) is 4.37. The lowest BCUT2D eigenvalue weighted by atomic mass is 10.1. The molecule has 0 heterocycles. The lowest BCUT2D eigenvalue weighted by Gasteiger charge is -2.00. The quantitative estimate of drug-likeness (QED) is 0.792. The monoisotopic (exact) mass is 205 g/mol. The largest absolute Gasteiger partial charge is 0.403 e. The van der Waals surface area contributed by atoms with Gasteiger partial charge in [-0.15, -0.1) is 0 Å². The van der Waals surface area contributed by atoms with E-state index in [1.54, 1.807) is 0 Å². The van der Waals surface area contributed by atoms with Crippen molar-refractivity contribution >= 4 is 0 Å². The Balaban J connectivity index is 0.000000583. The average molecular weight is 205 g/mol. The van der Waals surface area contributed by atoms with Crippen LogP contribution in [0.1, 0.15) is 38.7 Å². The van der Waals surface area contributed by atoms with Crippen LogP contribution in [0.25, 0.3) is 0 Å². The van der Waals surface area contributed by atoms with Crippen molar-refractivity contribution in [2.45, 2.75) is 39.5 Å². The van der Waals surface area contributed by atoms with Gasteiger partial charge in [-0.25, -0.2) is 0 Å². The molecule has 0 unspecified atom stereocenters. The molecule has 0 aromatic heterocycles. The second-order valence-corrected chi connectivity index (χ2v) is 3.70. The van der Waals surface area contributed by atoms with Crippen molar-refractivity contribution in [2.24, 2.45) is 5.73 Å². The first-order valence-electron chi connectivity index (χ1n) is 5.67. The van der Waals surface area contributed by atoms with Gasteiger partial charge >= 0.3 is 0 Å². The van der Waals surface area contributed by atoms with E-state index in [1.807, 2.05) is 6.07 Å². The van der Waals surface area contributed by atoms with E-state index >= 15 is 0 Å². The summed E-state index contributed by atoms with van der Waals surface area (Å²) < 4.78 is 0. The number of hydrogen-bond acceptors (Lipinski definition) is 1. The van der Waals surface area contributed by atoms with Crippen molar-refractivity contribution < 1.29 is 0 Å². The Labute approximate surface area is 94.0 Å². The maximum absolute atomic E-state index is 5.46. The molecule has 1 aromatic carbocycles. The molecule has 0 aliphatic carbocycles. The van der Waals surface area contributed by atoms with Crippen LogP contribution in [-0.2, 0) is 6.42 Å². The van der Waals surface area contributed by atoms with Crippen molar-refractivity contribution in [1.29, 1.82) is 0 Å². The van der Waals surface area contributed by atoms with Crippen molar-refractivity contribution in [3.05, 3.63) is 48.2 Å². The molecule has 0 bridgehead atoms. The van der Waals surface area contributed by atoms with Crippen LogP contribution < -0.4 is 5.73 Å². The van der Waals surface area contributed by atoms with Crippen LogP contribution in [0.15, 0.2) is 42.6 Å². The minimum absolute atomic E-state index is 0.783. The fourth-order valence-electron chi connectivity index (χ4n) is 1.16. The summed E-state index contributed by atoms with van der Waals surface area (Å²) >= 11 is 0. The minimum atomic E-state index is 0.783. The molecule has 1 rings (SSSR count). The van der Waals surface area contributed by atoms with Crippen molar-refractivity contribution in [1.82, 2.24) is 0 Å². The third-order valence-electron chi connectivity index (χ3n) is 1.81. The molecule has 1 nitrogen and oxygen atoms in total. The first-order chi connectivity index (χ1) is 7.20. The molecule has 0 saturated heterocycles. The van der Waals surface area contributed by atoms with E-state index in [1.165, 1.54) is 12.0 Å². The maximum Gasteiger partial charge on any atom is 0.000755 e. The van der Waals surface area contributed by atoms with Gasteiger partial charge in [0.1, 0.15) is 0 Å². The third kappa shape index (κ3) is 9.07. The highest BCUT2D eigenvalue weighted by atomic mass is 14.5. The molecule has 84 valence electrons. The zero-order valence-corrected chi connectivity index (χ0v) is 10.00. The summed E-state index contributed by atoms with van der Waals surface area (Å²) in [5.74, 6) is 0. The summed E-state index contributed by atoms with van der Waals surface area (Å²) in [7, 11) is 0. The molecule has 2 N–H and O–H groups in total. The van der Waals surface area contributed by atoms with Gasteiger partial charge in [0.25, 0.3) is 0 Å². The molecule has 0 fully saturated rings. The summed E-state index contributed by atoms with van der Waals surface area (Å²) in [6, 6.07) is 10.4. The smallest absolute Gasteiger partial charge is 0.000755 e. The predicted molar refractivity (Wildman–Crippen MR) is 68.7 cm³/mol. The molecule has 0 aliphatic heterocycles. The molecule has 1 heteroatoms. The molecule has 0 atom stereocenters. The highest BCUT2D eigenvalue weighted by Crippen LogP contribution is 2.05. The van der Waals surface area contributed by atoms with Crippen LogP contribution in [0.4, 0.5) is 0 Å². The summed E-state index contributed by atoms with van der Waals surface area (Å²) in [6.45, 7) is 7.91. The van der Waals surface area contributed by atoms with Crippen molar-refractivity contribution in [3.8, 4) is 0 Å². The topological polar surface area (TPSA) is 26.0 Å². The minimum Gasteiger partial charge on any atom is -0.403 e. The highest BCUT2D eigenvalue weighted by Gasteiger charge is 1.91. The predicted octanol–water partition coefficient (Wildman–Crippen LogP) is 3.90. The van der Waals surface area contributed by atoms with Crippen LogP contribution in [0.3, 0.4) is 0 Å². The van der Waals surface area contributed by atoms with Crippen molar-refractivity contribution in [2.75, 3.05) is 0 Å². The zero-order valence-electron chi connectivity index (χ0n) is 10.00. The van der Waals surface area contributed by atoms with Gasteiger partial charge in [0.05, 0.1) is 0 Å². The molecular formula is C14H23N. The standard InChI is InChI=1S/C11H15N.C3H8/c1-10(12)6-5-9-11-7-3-2-4-8-11;1-3-2/h2-4,7-8H,1,5-6,9,12H2;3H2,1-2H3. The number of hydrogen-bond donors (Lipinski definition) is 1. The Bertz CT molecular complexity index is 251. The molecule has 0 radical (unpaired) electrons. The number of nitrogens with two attached hydrogens (primary N) is 1. The molecule has 0 amide bonds. The lowest BCUT2D eigenvalue weighted by molar-refractivity contribution is 0.807. The first kappa shape index (κ1) is 13.8. The van der Waals surface area contributed by atoms with Gasteiger partial charge < -0.3 is 5.73 Å². The first-order valence-corrected chi connectivity index (χ1v) is 5.67. The van der Waals surface area contributed by atoms with Gasteiger partial charge in [0.15, 0.2) is 0 Å². The van der Waals surface area contributed by atoms with Gasteiger partial charge in [-0.05, 0) is 24.8 Å². The van der Waals surface area contributed by atoms with Gasteiger partial charge in [-0.1, -0.05) is 57.2 Å². The van der Waals surface area contributed by atoms with E-state index < -0.39 is 0 Å². The van der Waals surface area contributed by atoms with Crippen LogP contribution in [0.2, 0.25) is 0 Å². The van der Waals surface area contributed by atoms with Crippen molar-refractivity contribution in [3.63, 3.8) is 0 Å². The number of allylic oxidation sites excluding steroid dienone is 1. The van der Waals surface area contributed by atoms with E-state index in [2.05, 4.69) is 44.7 Å². The van der Waals surface area contributed by atoms with Crippen LogP contribution in [0.5, 0.6) is 0 Å². The Hall–Kier alpha value is -1.24. The van der Waals surface area contributed by atoms with Gasteiger partial charge in [0, 0.05) is 5.70 Å². The Kier molecular flexibility index (Phi) is 8.55. The second-order valence-electron chi connectivity index (χ2n) is 3.70. The van der Waals surface area contributed by atoms with E-state index in [0.717, 1.165) is 25.0 Å². The fraction of sp³-hybridized carbons (Fsp3) is 0.429. The van der Waals surface area contributed by atoms with Crippen LogP contribution in [0, 0.1) is 0 Å². The molecule has 0 saturated carbocycles. The Morgan fingerprint density at radius 2 is 1.73 bits per heavy atom. The number of aryl methyl sites for hydroxylation is 1. The summed E-state index contributed by atoms with van der Waals surface area (Å²) in [4.78, 5) is 0. The fourth-order valence-corrected chi connectivity index (χ4v) is 1.16. The zero-order chi connectivity index (χ0) is 11.5.